The van der Waals surface area contributed by atoms with Gasteiger partial charge in [0.2, 0.25) is 0 Å². The van der Waals surface area contributed by atoms with Crippen LogP contribution in [0.2, 0.25) is 0 Å². The molecule has 2 aliphatic rings. The van der Waals surface area contributed by atoms with Crippen LogP contribution in [0.15, 0.2) is 29.2 Å². The number of rotatable bonds is 2. The largest absolute Gasteiger partial charge is 0.380 e. The molecule has 1 aromatic rings. The van der Waals surface area contributed by atoms with Crippen molar-refractivity contribution in [2.45, 2.75) is 36.5 Å². The van der Waals surface area contributed by atoms with Gasteiger partial charge in [-0.25, -0.2) is 10.9 Å². The molecule has 0 spiro atoms. The van der Waals surface area contributed by atoms with Crippen molar-refractivity contribution in [3.8, 4) is 0 Å². The van der Waals surface area contributed by atoms with Crippen molar-refractivity contribution in [2.24, 2.45) is 0 Å². The Labute approximate surface area is 107 Å². The maximum atomic E-state index is 5.44. The second-order valence-electron chi connectivity index (χ2n) is 5.17. The molecule has 0 atom stereocenters. The van der Waals surface area contributed by atoms with Crippen molar-refractivity contribution in [1.82, 2.24) is 0 Å². The van der Waals surface area contributed by atoms with Gasteiger partial charge in [0.25, 0.3) is 0 Å². The van der Waals surface area contributed by atoms with E-state index in [1.54, 1.807) is 10.5 Å². The molecule has 2 fully saturated rings. The summed E-state index contributed by atoms with van der Waals surface area (Å²) in [5.74, 6) is 3.38. The Morgan fingerprint density at radius 3 is 2.24 bits per heavy atom. The first-order valence-corrected chi connectivity index (χ1v) is 8.57. The summed E-state index contributed by atoms with van der Waals surface area (Å²) in [6.07, 6.45) is 5.66. The van der Waals surface area contributed by atoms with Crippen molar-refractivity contribution < 1.29 is 4.74 Å². The van der Waals surface area contributed by atoms with Gasteiger partial charge in [-0.2, -0.15) is 0 Å². The summed E-state index contributed by atoms with van der Waals surface area (Å²) in [4.78, 5) is 1.59. The van der Waals surface area contributed by atoms with E-state index in [-0.39, 0.29) is 10.9 Å². The van der Waals surface area contributed by atoms with Crippen LogP contribution in [-0.2, 0) is 4.74 Å². The predicted molar refractivity (Wildman–Crippen MR) is 75.5 cm³/mol. The predicted octanol–water partition coefficient (Wildman–Crippen LogP) is 3.73. The van der Waals surface area contributed by atoms with Gasteiger partial charge in [-0.05, 0) is 29.2 Å². The maximum Gasteiger partial charge on any atom is 0.0543 e. The van der Waals surface area contributed by atoms with Crippen LogP contribution in [0.1, 0.15) is 37.2 Å². The van der Waals surface area contributed by atoms with E-state index in [0.29, 0.717) is 0 Å². The van der Waals surface area contributed by atoms with E-state index in [9.17, 15) is 0 Å². The first-order chi connectivity index (χ1) is 8.43. The Bertz CT molecular complexity index is 348. The lowest BCUT2D eigenvalue weighted by Crippen LogP contribution is -2.14. The van der Waals surface area contributed by atoms with Crippen LogP contribution >= 0.6 is 10.9 Å². The monoisotopic (exact) mass is 250 g/mol. The third-order valence-corrected chi connectivity index (χ3v) is 6.57. The van der Waals surface area contributed by atoms with Gasteiger partial charge in [-0.1, -0.05) is 37.1 Å². The van der Waals surface area contributed by atoms with Crippen LogP contribution in [0.4, 0.5) is 0 Å². The molecule has 1 saturated carbocycles. The molecular weight excluding hydrogens is 228 g/mol. The molecule has 17 heavy (non-hydrogen) atoms. The zero-order valence-electron chi connectivity index (χ0n) is 10.4. The smallest absolute Gasteiger partial charge is 0.0543 e. The Balaban J connectivity index is 1.70. The minimum absolute atomic E-state index is 0.0836. The fraction of sp³-hybridized carbons (Fsp3) is 0.600. The lowest BCUT2D eigenvalue weighted by atomic mass is 9.98. The van der Waals surface area contributed by atoms with Gasteiger partial charge in [0, 0.05) is 11.5 Å². The Morgan fingerprint density at radius 2 is 1.59 bits per heavy atom. The van der Waals surface area contributed by atoms with Crippen LogP contribution in [0.5, 0.6) is 0 Å². The molecular formula is C15H22OS. The minimum Gasteiger partial charge on any atom is -0.380 e. The van der Waals surface area contributed by atoms with E-state index in [1.165, 1.54) is 37.2 Å². The van der Waals surface area contributed by atoms with E-state index in [4.69, 9.17) is 4.74 Å². The number of ether oxygens (including phenoxy) is 1. The van der Waals surface area contributed by atoms with Gasteiger partial charge in [0.15, 0.2) is 0 Å². The zero-order chi connectivity index (χ0) is 11.5. The molecule has 3 rings (SSSR count). The first kappa shape index (κ1) is 11.6. The molecule has 1 heterocycles. The lowest BCUT2D eigenvalue weighted by Gasteiger charge is -2.26. The van der Waals surface area contributed by atoms with Gasteiger partial charge in [0.05, 0.1) is 13.2 Å². The van der Waals surface area contributed by atoms with Crippen molar-refractivity contribution in [3.63, 3.8) is 0 Å². The highest BCUT2D eigenvalue weighted by atomic mass is 32.2. The van der Waals surface area contributed by atoms with Crippen LogP contribution < -0.4 is 0 Å². The van der Waals surface area contributed by atoms with Crippen molar-refractivity contribution >= 4 is 10.9 Å². The molecule has 0 unspecified atom stereocenters. The molecule has 0 aromatic heterocycles. The summed E-state index contributed by atoms with van der Waals surface area (Å²) in [7, 11) is 0.0836. The first-order valence-electron chi connectivity index (χ1n) is 6.86. The lowest BCUT2D eigenvalue weighted by molar-refractivity contribution is 0.160. The van der Waals surface area contributed by atoms with Gasteiger partial charge in [-0.3, -0.25) is 0 Å². The van der Waals surface area contributed by atoms with Crippen LogP contribution in [0.3, 0.4) is 0 Å². The highest BCUT2D eigenvalue weighted by molar-refractivity contribution is 8.17. The van der Waals surface area contributed by atoms with Crippen LogP contribution in [-0.4, -0.2) is 24.7 Å². The van der Waals surface area contributed by atoms with Crippen LogP contribution in [0.25, 0.3) is 0 Å². The number of hydrogen-bond donors (Lipinski definition) is 1. The molecule has 1 aliphatic carbocycles. The molecule has 94 valence electrons. The van der Waals surface area contributed by atoms with Crippen molar-refractivity contribution in [1.29, 1.82) is 0 Å². The average Bonchev–Trinajstić information content (AvgIpc) is 2.94. The quantitative estimate of drug-likeness (QED) is 0.787. The number of thiol groups is 1. The van der Waals surface area contributed by atoms with E-state index in [0.717, 1.165) is 19.1 Å². The van der Waals surface area contributed by atoms with Gasteiger partial charge >= 0.3 is 0 Å². The normalized spacial score (nSPS) is 24.1. The van der Waals surface area contributed by atoms with E-state index in [2.05, 4.69) is 24.3 Å². The fourth-order valence-corrected chi connectivity index (χ4v) is 5.05. The number of hydrogen-bond acceptors (Lipinski definition) is 1. The highest BCUT2D eigenvalue weighted by Gasteiger charge is 2.17. The van der Waals surface area contributed by atoms with E-state index in [1.807, 2.05) is 0 Å². The second-order valence-corrected chi connectivity index (χ2v) is 7.66. The van der Waals surface area contributed by atoms with Gasteiger partial charge in [0.1, 0.15) is 0 Å². The molecule has 0 N–H and O–H groups in total. The van der Waals surface area contributed by atoms with Gasteiger partial charge in [-0.15, -0.1) is 0 Å². The zero-order valence-corrected chi connectivity index (χ0v) is 11.3. The van der Waals surface area contributed by atoms with E-state index < -0.39 is 0 Å². The molecule has 1 nitrogen and oxygen atoms in total. The Hall–Kier alpha value is -0.470. The second kappa shape index (κ2) is 5.45. The van der Waals surface area contributed by atoms with E-state index >= 15 is 0 Å². The molecule has 1 saturated heterocycles. The molecule has 0 radical (unpaired) electrons. The summed E-state index contributed by atoms with van der Waals surface area (Å²) in [5, 5.41) is 0. The third-order valence-electron chi connectivity index (χ3n) is 4.10. The summed E-state index contributed by atoms with van der Waals surface area (Å²) >= 11 is 0. The topological polar surface area (TPSA) is 9.23 Å². The number of benzene rings is 1. The standard InChI is InChI=1S/C15H22OS/c1-2-4-13(3-1)14-5-7-15(8-6-14)17-11-9-16-10-12-17/h5-8,13,17H,1-4,9-12H2. The Morgan fingerprint density at radius 1 is 0.941 bits per heavy atom. The van der Waals surface area contributed by atoms with Crippen molar-refractivity contribution in [3.05, 3.63) is 29.8 Å². The van der Waals surface area contributed by atoms with Crippen molar-refractivity contribution in [2.75, 3.05) is 24.7 Å². The molecule has 1 aliphatic heterocycles. The molecule has 2 heteroatoms. The molecule has 0 amide bonds. The van der Waals surface area contributed by atoms with Crippen LogP contribution in [0, 0.1) is 0 Å². The Kier molecular flexibility index (Phi) is 3.72. The van der Waals surface area contributed by atoms with Gasteiger partial charge < -0.3 is 4.74 Å². The summed E-state index contributed by atoms with van der Waals surface area (Å²) in [6.45, 7) is 1.94. The summed E-state index contributed by atoms with van der Waals surface area (Å²) < 4.78 is 5.44. The maximum absolute atomic E-state index is 5.44. The highest BCUT2D eigenvalue weighted by Crippen LogP contribution is 2.39. The molecule has 0 bridgehead atoms. The minimum atomic E-state index is 0.0836. The summed E-state index contributed by atoms with van der Waals surface area (Å²) in [5.41, 5.74) is 1.58. The average molecular weight is 250 g/mol. The SMILES string of the molecule is c1cc([SH]2CCOCC2)ccc1C1CCCC1. The molecule has 1 aromatic carbocycles. The summed E-state index contributed by atoms with van der Waals surface area (Å²) in [6, 6.07) is 9.57. The fourth-order valence-electron chi connectivity index (χ4n) is 3.04. The third kappa shape index (κ3) is 2.69.